The van der Waals surface area contributed by atoms with Crippen LogP contribution in [0.15, 0.2) is 12.1 Å². The molecule has 1 aromatic heterocycles. The average molecular weight is 213 g/mol. The molecule has 0 aliphatic rings. The van der Waals surface area contributed by atoms with Crippen molar-refractivity contribution in [2.45, 2.75) is 26.1 Å². The fourth-order valence-corrected chi connectivity index (χ4v) is 1.40. The fraction of sp³-hybridized carbons (Fsp3) is 0.545. The molecule has 0 aliphatic heterocycles. The number of nitrogens with zero attached hydrogens (tertiary/aromatic N) is 2. The van der Waals surface area contributed by atoms with Gasteiger partial charge in [0.2, 0.25) is 0 Å². The second-order valence-corrected chi connectivity index (χ2v) is 3.59. The van der Waals surface area contributed by atoms with Gasteiger partial charge in [-0.25, -0.2) is 4.98 Å². The molecule has 78 valence electrons. The van der Waals surface area contributed by atoms with Crippen molar-refractivity contribution in [1.29, 1.82) is 0 Å². The second-order valence-electron chi connectivity index (χ2n) is 3.33. The number of hydrogen-bond acceptors (Lipinski definition) is 2. The number of hydrogen-bond donors (Lipinski definition) is 0. The fourth-order valence-electron chi connectivity index (χ4n) is 1.25. The highest BCUT2D eigenvalue weighted by molar-refractivity contribution is 6.17. The normalized spacial score (nSPS) is 10.3. The topological polar surface area (TPSA) is 16.1 Å². The standard InChI is InChI=1S/C11H17ClN2/c1-4-10-6-9(8-12)7-11(13-10)14(3)5-2/h6-7H,4-5,8H2,1-3H3. The first kappa shape index (κ1) is 11.3. The SMILES string of the molecule is CCc1cc(CCl)cc(N(C)CC)n1. The minimum Gasteiger partial charge on any atom is -0.360 e. The summed E-state index contributed by atoms with van der Waals surface area (Å²) >= 11 is 5.83. The van der Waals surface area contributed by atoms with Crippen molar-refractivity contribution in [3.8, 4) is 0 Å². The Balaban J connectivity index is 3.04. The Morgan fingerprint density at radius 3 is 2.57 bits per heavy atom. The monoisotopic (exact) mass is 212 g/mol. The van der Waals surface area contributed by atoms with E-state index in [1.54, 1.807) is 0 Å². The van der Waals surface area contributed by atoms with Crippen LogP contribution in [0.4, 0.5) is 5.82 Å². The third-order valence-electron chi connectivity index (χ3n) is 2.31. The number of aromatic nitrogens is 1. The summed E-state index contributed by atoms with van der Waals surface area (Å²) in [6, 6.07) is 4.12. The Kier molecular flexibility index (Phi) is 4.21. The van der Waals surface area contributed by atoms with Crippen LogP contribution in [-0.4, -0.2) is 18.6 Å². The minimum atomic E-state index is 0.556. The summed E-state index contributed by atoms with van der Waals surface area (Å²) in [5.41, 5.74) is 2.26. The molecule has 1 aromatic rings. The molecule has 0 unspecified atom stereocenters. The molecule has 0 aromatic carbocycles. The van der Waals surface area contributed by atoms with Gasteiger partial charge in [-0.3, -0.25) is 0 Å². The average Bonchev–Trinajstić information content (AvgIpc) is 2.27. The van der Waals surface area contributed by atoms with Crippen LogP contribution >= 0.6 is 11.6 Å². The van der Waals surface area contributed by atoms with E-state index in [0.29, 0.717) is 5.88 Å². The van der Waals surface area contributed by atoms with E-state index in [4.69, 9.17) is 11.6 Å². The number of halogens is 1. The van der Waals surface area contributed by atoms with E-state index in [1.807, 2.05) is 7.05 Å². The van der Waals surface area contributed by atoms with Gasteiger partial charge in [-0.2, -0.15) is 0 Å². The maximum atomic E-state index is 5.83. The third-order valence-corrected chi connectivity index (χ3v) is 2.62. The quantitative estimate of drug-likeness (QED) is 0.714. The first-order valence-electron chi connectivity index (χ1n) is 4.98. The van der Waals surface area contributed by atoms with E-state index in [0.717, 1.165) is 30.0 Å². The number of pyridine rings is 1. The van der Waals surface area contributed by atoms with Crippen molar-refractivity contribution in [2.24, 2.45) is 0 Å². The van der Waals surface area contributed by atoms with Gasteiger partial charge in [0.15, 0.2) is 0 Å². The van der Waals surface area contributed by atoms with E-state index in [2.05, 4.69) is 35.9 Å². The van der Waals surface area contributed by atoms with E-state index in [-0.39, 0.29) is 0 Å². The van der Waals surface area contributed by atoms with E-state index in [1.165, 1.54) is 0 Å². The molecule has 0 N–H and O–H groups in total. The molecule has 0 spiro atoms. The van der Waals surface area contributed by atoms with Crippen LogP contribution in [0.2, 0.25) is 0 Å². The summed E-state index contributed by atoms with van der Waals surface area (Å²) in [7, 11) is 2.04. The van der Waals surface area contributed by atoms with Crippen LogP contribution in [0.25, 0.3) is 0 Å². The number of alkyl halides is 1. The Morgan fingerprint density at radius 2 is 2.07 bits per heavy atom. The first-order chi connectivity index (χ1) is 6.71. The van der Waals surface area contributed by atoms with Crippen molar-refractivity contribution in [3.63, 3.8) is 0 Å². The summed E-state index contributed by atoms with van der Waals surface area (Å²) in [5, 5.41) is 0. The first-order valence-corrected chi connectivity index (χ1v) is 5.51. The molecule has 0 radical (unpaired) electrons. The van der Waals surface area contributed by atoms with Crippen LogP contribution in [0.1, 0.15) is 25.1 Å². The zero-order valence-electron chi connectivity index (χ0n) is 9.05. The van der Waals surface area contributed by atoms with Crippen LogP contribution in [-0.2, 0) is 12.3 Å². The van der Waals surface area contributed by atoms with Gasteiger partial charge in [-0.05, 0) is 31.0 Å². The smallest absolute Gasteiger partial charge is 0.128 e. The maximum Gasteiger partial charge on any atom is 0.128 e. The highest BCUT2D eigenvalue weighted by Gasteiger charge is 2.04. The lowest BCUT2D eigenvalue weighted by atomic mass is 10.2. The van der Waals surface area contributed by atoms with Gasteiger partial charge in [0.05, 0.1) is 0 Å². The molecule has 1 rings (SSSR count). The molecule has 0 saturated carbocycles. The van der Waals surface area contributed by atoms with Gasteiger partial charge >= 0.3 is 0 Å². The minimum absolute atomic E-state index is 0.556. The molecule has 0 fully saturated rings. The lowest BCUT2D eigenvalue weighted by Crippen LogP contribution is -2.17. The number of anilines is 1. The summed E-state index contributed by atoms with van der Waals surface area (Å²) in [6.07, 6.45) is 0.954. The lowest BCUT2D eigenvalue weighted by molar-refractivity contribution is 0.911. The molecule has 0 aliphatic carbocycles. The van der Waals surface area contributed by atoms with Gasteiger partial charge < -0.3 is 4.90 Å². The highest BCUT2D eigenvalue weighted by Crippen LogP contribution is 2.15. The summed E-state index contributed by atoms with van der Waals surface area (Å²) < 4.78 is 0. The summed E-state index contributed by atoms with van der Waals surface area (Å²) in [5.74, 6) is 1.57. The maximum absolute atomic E-state index is 5.83. The predicted molar refractivity (Wildman–Crippen MR) is 62.1 cm³/mol. The molecule has 1 heterocycles. The molecule has 0 saturated heterocycles. The molecule has 14 heavy (non-hydrogen) atoms. The van der Waals surface area contributed by atoms with Crippen LogP contribution in [0, 0.1) is 0 Å². The molecule has 0 amide bonds. The third kappa shape index (κ3) is 2.61. The van der Waals surface area contributed by atoms with Crippen molar-refractivity contribution >= 4 is 17.4 Å². The van der Waals surface area contributed by atoms with Gasteiger partial charge in [-0.1, -0.05) is 6.92 Å². The van der Waals surface area contributed by atoms with Crippen molar-refractivity contribution in [2.75, 3.05) is 18.5 Å². The van der Waals surface area contributed by atoms with Crippen molar-refractivity contribution in [1.82, 2.24) is 4.98 Å². The van der Waals surface area contributed by atoms with Crippen LogP contribution in [0.5, 0.6) is 0 Å². The number of rotatable bonds is 4. The Labute approximate surface area is 90.9 Å². The molecule has 2 nitrogen and oxygen atoms in total. The van der Waals surface area contributed by atoms with Gasteiger partial charge in [-0.15, -0.1) is 11.6 Å². The Morgan fingerprint density at radius 1 is 1.36 bits per heavy atom. The zero-order chi connectivity index (χ0) is 10.6. The summed E-state index contributed by atoms with van der Waals surface area (Å²) in [4.78, 5) is 6.66. The Bertz CT molecular complexity index is 277. The van der Waals surface area contributed by atoms with E-state index >= 15 is 0 Å². The van der Waals surface area contributed by atoms with Gasteiger partial charge in [0.25, 0.3) is 0 Å². The second kappa shape index (κ2) is 5.20. The molecule has 0 bridgehead atoms. The van der Waals surface area contributed by atoms with E-state index in [9.17, 15) is 0 Å². The largest absolute Gasteiger partial charge is 0.360 e. The van der Waals surface area contributed by atoms with Crippen LogP contribution < -0.4 is 4.90 Å². The lowest BCUT2D eigenvalue weighted by Gasteiger charge is -2.17. The Hall–Kier alpha value is -0.760. The van der Waals surface area contributed by atoms with Crippen molar-refractivity contribution in [3.05, 3.63) is 23.4 Å². The molecular weight excluding hydrogens is 196 g/mol. The van der Waals surface area contributed by atoms with Gasteiger partial charge in [0, 0.05) is 25.2 Å². The number of aryl methyl sites for hydroxylation is 1. The molecule has 0 atom stereocenters. The zero-order valence-corrected chi connectivity index (χ0v) is 9.80. The highest BCUT2D eigenvalue weighted by atomic mass is 35.5. The van der Waals surface area contributed by atoms with Crippen LogP contribution in [0.3, 0.4) is 0 Å². The molecule has 3 heteroatoms. The van der Waals surface area contributed by atoms with E-state index < -0.39 is 0 Å². The van der Waals surface area contributed by atoms with Gasteiger partial charge in [0.1, 0.15) is 5.82 Å². The molecular formula is C11H17ClN2. The van der Waals surface area contributed by atoms with Crippen molar-refractivity contribution < 1.29 is 0 Å². The summed E-state index contributed by atoms with van der Waals surface area (Å²) in [6.45, 7) is 5.18. The predicted octanol–water partition coefficient (Wildman–Crippen LogP) is 2.84.